The van der Waals surface area contributed by atoms with Gasteiger partial charge in [0.25, 0.3) is 0 Å². The van der Waals surface area contributed by atoms with Gasteiger partial charge < -0.3 is 9.35 Å². The Bertz CT molecular complexity index is 169. The van der Waals surface area contributed by atoms with Gasteiger partial charge in [-0.15, -0.1) is 0 Å². The van der Waals surface area contributed by atoms with Gasteiger partial charge >= 0.3 is 0 Å². The average molecular weight is 266 g/mol. The van der Waals surface area contributed by atoms with Gasteiger partial charge in [-0.3, -0.25) is 8.93 Å². The fourth-order valence-corrected chi connectivity index (χ4v) is 1.07. The van der Waals surface area contributed by atoms with E-state index < -0.39 is 22.7 Å². The molecule has 0 fully saturated rings. The topological polar surface area (TPSA) is 69.2 Å². The van der Waals surface area contributed by atoms with Crippen LogP contribution in [-0.4, -0.2) is 21.1 Å². The summed E-state index contributed by atoms with van der Waals surface area (Å²) in [5.41, 5.74) is -0.429. The minimum atomic E-state index is -2.40. The SMILES string of the molecule is CC(C)(C)C([C-]=O)NS(=O)[O-].[Y]. The first-order valence-corrected chi connectivity index (χ1v) is 4.18. The first kappa shape index (κ1) is 15.3. The second-order valence-electron chi connectivity index (χ2n) is 3.27. The summed E-state index contributed by atoms with van der Waals surface area (Å²) in [6.45, 7) is 5.26. The smallest absolute Gasteiger partial charge is 0.0161 e. The Balaban J connectivity index is 0. The van der Waals surface area contributed by atoms with Gasteiger partial charge in [0.15, 0.2) is 0 Å². The fourth-order valence-electron chi connectivity index (χ4n) is 0.474. The molecule has 0 aromatic rings. The van der Waals surface area contributed by atoms with Crippen molar-refractivity contribution in [1.29, 1.82) is 0 Å². The molecule has 0 saturated carbocycles. The molecule has 0 rings (SSSR count). The molecule has 0 aliphatic rings. The van der Waals surface area contributed by atoms with E-state index in [4.69, 9.17) is 0 Å². The zero-order chi connectivity index (χ0) is 9.07. The van der Waals surface area contributed by atoms with Crippen molar-refractivity contribution in [3.63, 3.8) is 0 Å². The zero-order valence-electron chi connectivity index (χ0n) is 7.29. The van der Waals surface area contributed by atoms with E-state index in [1.807, 2.05) is 0 Å². The molecular formula is C6H11NO3SY-2. The average Bonchev–Trinajstić information content (AvgIpc) is 1.79. The molecule has 12 heavy (non-hydrogen) atoms. The molecule has 2 atom stereocenters. The van der Waals surface area contributed by atoms with Crippen LogP contribution in [0.1, 0.15) is 20.8 Å². The number of hydrogen-bond donors (Lipinski definition) is 1. The molecule has 1 radical (unpaired) electrons. The summed E-state index contributed by atoms with van der Waals surface area (Å²) >= 11 is -2.40. The van der Waals surface area contributed by atoms with Crippen LogP contribution >= 0.6 is 0 Å². The van der Waals surface area contributed by atoms with Crippen molar-refractivity contribution in [2.24, 2.45) is 5.41 Å². The zero-order valence-corrected chi connectivity index (χ0v) is 10.9. The number of hydrogen-bond acceptors (Lipinski definition) is 3. The minimum absolute atomic E-state index is 0. The summed E-state index contributed by atoms with van der Waals surface area (Å²) in [6.07, 6.45) is 1.62. The largest absolute Gasteiger partial charge is 0.760 e. The van der Waals surface area contributed by atoms with Gasteiger partial charge in [-0.25, -0.2) is 6.29 Å². The van der Waals surface area contributed by atoms with Crippen LogP contribution in [0.3, 0.4) is 0 Å². The second kappa shape index (κ2) is 6.32. The summed E-state index contributed by atoms with van der Waals surface area (Å²) in [5, 5.41) is 0. The number of rotatable bonds is 3. The normalized spacial score (nSPS) is 16.0. The van der Waals surface area contributed by atoms with Crippen LogP contribution in [-0.2, 0) is 48.8 Å². The van der Waals surface area contributed by atoms with Gasteiger partial charge in [-0.2, -0.15) is 0 Å². The second-order valence-corrected chi connectivity index (χ2v) is 3.97. The molecule has 0 aromatic heterocycles. The van der Waals surface area contributed by atoms with Gasteiger partial charge in [-0.1, -0.05) is 26.8 Å². The standard InChI is InChI=1S/C6H12NO3S.Y/c1-6(2,3)5(4-8)7-11(9)10;/h5,7H,1-3H3,(H,9,10);/q-1;/p-1. The minimum Gasteiger partial charge on any atom is -0.760 e. The Morgan fingerprint density at radius 1 is 1.50 bits per heavy atom. The van der Waals surface area contributed by atoms with Crippen LogP contribution in [0, 0.1) is 5.41 Å². The van der Waals surface area contributed by atoms with Crippen molar-refractivity contribution in [2.45, 2.75) is 26.8 Å². The van der Waals surface area contributed by atoms with Gasteiger partial charge in [0.05, 0.1) is 0 Å². The van der Waals surface area contributed by atoms with Gasteiger partial charge in [0.1, 0.15) is 0 Å². The predicted octanol–water partition coefficient (Wildman–Crippen LogP) is -0.108. The Hall–Kier alpha value is 0.844. The molecule has 0 aromatic carbocycles. The molecule has 0 amide bonds. The van der Waals surface area contributed by atoms with Crippen molar-refractivity contribution in [3.8, 4) is 0 Å². The molecule has 0 aliphatic carbocycles. The first-order valence-electron chi connectivity index (χ1n) is 3.11. The van der Waals surface area contributed by atoms with Crippen LogP contribution in [0.4, 0.5) is 0 Å². The summed E-state index contributed by atoms with van der Waals surface area (Å²) in [5.74, 6) is 0. The van der Waals surface area contributed by atoms with Gasteiger partial charge in [0, 0.05) is 44.0 Å². The Morgan fingerprint density at radius 3 is 2.00 bits per heavy atom. The third kappa shape index (κ3) is 6.37. The van der Waals surface area contributed by atoms with Crippen molar-refractivity contribution in [2.75, 3.05) is 0 Å². The van der Waals surface area contributed by atoms with Crippen molar-refractivity contribution >= 4 is 17.6 Å². The van der Waals surface area contributed by atoms with E-state index in [-0.39, 0.29) is 32.7 Å². The van der Waals surface area contributed by atoms with E-state index in [2.05, 4.69) is 4.72 Å². The third-order valence-corrected chi connectivity index (χ3v) is 1.63. The van der Waals surface area contributed by atoms with Gasteiger partial charge in [-0.05, 0) is 5.41 Å². The third-order valence-electron chi connectivity index (χ3n) is 1.20. The van der Waals surface area contributed by atoms with E-state index in [0.717, 1.165) is 0 Å². The summed E-state index contributed by atoms with van der Waals surface area (Å²) < 4.78 is 22.3. The van der Waals surface area contributed by atoms with Crippen LogP contribution < -0.4 is 4.72 Å². The molecule has 0 spiro atoms. The van der Waals surface area contributed by atoms with Crippen LogP contribution in [0.25, 0.3) is 0 Å². The van der Waals surface area contributed by atoms with E-state index in [9.17, 15) is 13.6 Å². The maximum atomic E-state index is 10.2. The maximum Gasteiger partial charge on any atom is 0.0161 e. The van der Waals surface area contributed by atoms with Crippen LogP contribution in [0.2, 0.25) is 0 Å². The van der Waals surface area contributed by atoms with E-state index in [0.29, 0.717) is 0 Å². The number of carbonyl (C=O) groups excluding carboxylic acids is 1. The molecule has 2 unspecified atom stereocenters. The summed E-state index contributed by atoms with van der Waals surface area (Å²) in [6, 6.07) is -0.777. The summed E-state index contributed by atoms with van der Waals surface area (Å²) in [7, 11) is 0. The monoisotopic (exact) mass is 266 g/mol. The van der Waals surface area contributed by atoms with Gasteiger partial charge in [0.2, 0.25) is 0 Å². The molecule has 6 heteroatoms. The maximum absolute atomic E-state index is 10.2. The predicted molar refractivity (Wildman–Crippen MR) is 41.0 cm³/mol. The molecule has 0 heterocycles. The Labute approximate surface area is 100 Å². The Kier molecular flexibility index (Phi) is 8.07. The van der Waals surface area contributed by atoms with Crippen LogP contribution in [0.5, 0.6) is 0 Å². The van der Waals surface area contributed by atoms with E-state index in [1.165, 1.54) is 0 Å². The van der Waals surface area contributed by atoms with Crippen molar-refractivity contribution < 1.29 is 46.3 Å². The first-order chi connectivity index (χ1) is 4.88. The van der Waals surface area contributed by atoms with Crippen molar-refractivity contribution in [1.82, 2.24) is 4.72 Å². The summed E-state index contributed by atoms with van der Waals surface area (Å²) in [4.78, 5) is 10.2. The van der Waals surface area contributed by atoms with E-state index in [1.54, 1.807) is 27.1 Å². The molecule has 0 aliphatic heterocycles. The molecule has 0 bridgehead atoms. The van der Waals surface area contributed by atoms with E-state index >= 15 is 0 Å². The van der Waals surface area contributed by atoms with Crippen LogP contribution in [0.15, 0.2) is 0 Å². The molecule has 1 N–H and O–H groups in total. The molecule has 0 saturated heterocycles. The quantitative estimate of drug-likeness (QED) is 0.572. The molecule has 69 valence electrons. The molecule has 4 nitrogen and oxygen atoms in total. The number of nitrogens with one attached hydrogen (secondary N) is 1. The molecular weight excluding hydrogens is 255 g/mol. The Morgan fingerprint density at radius 2 is 1.92 bits per heavy atom. The fraction of sp³-hybridized carbons (Fsp3) is 0.833. The van der Waals surface area contributed by atoms with Crippen molar-refractivity contribution in [3.05, 3.63) is 0 Å².